The summed E-state index contributed by atoms with van der Waals surface area (Å²) >= 11 is 0. The molecule has 0 radical (unpaired) electrons. The standard InChI is InChI=1S/C20H25N/c1-12-3-4-18-17(5-12)13(2)19(21-18)20-9-14-6-15(10-20)8-16(7-14)11-20/h3-5,14-16,21H,6-11H2,1-2H3. The number of benzene rings is 1. The van der Waals surface area contributed by atoms with Crippen molar-refractivity contribution in [3.05, 3.63) is 35.0 Å². The van der Waals surface area contributed by atoms with Gasteiger partial charge in [-0.1, -0.05) is 11.6 Å². The van der Waals surface area contributed by atoms with Crippen molar-refractivity contribution in [1.29, 1.82) is 0 Å². The van der Waals surface area contributed by atoms with Gasteiger partial charge in [-0.2, -0.15) is 0 Å². The van der Waals surface area contributed by atoms with E-state index in [1.807, 2.05) is 0 Å². The molecule has 0 atom stereocenters. The lowest BCUT2D eigenvalue weighted by Crippen LogP contribution is -2.49. The molecule has 4 aliphatic carbocycles. The van der Waals surface area contributed by atoms with Gasteiger partial charge in [0.15, 0.2) is 0 Å². The molecule has 1 heterocycles. The Morgan fingerprint density at radius 3 is 2.19 bits per heavy atom. The Bertz CT molecular complexity index is 685. The van der Waals surface area contributed by atoms with E-state index in [1.165, 1.54) is 60.6 Å². The quantitative estimate of drug-likeness (QED) is 0.733. The Morgan fingerprint density at radius 2 is 1.57 bits per heavy atom. The Morgan fingerprint density at radius 1 is 0.952 bits per heavy atom. The molecular formula is C20H25N. The van der Waals surface area contributed by atoms with Crippen LogP contribution in [0, 0.1) is 31.6 Å². The van der Waals surface area contributed by atoms with Gasteiger partial charge in [-0.3, -0.25) is 0 Å². The topological polar surface area (TPSA) is 15.8 Å². The van der Waals surface area contributed by atoms with Crippen LogP contribution in [0.5, 0.6) is 0 Å². The molecule has 4 saturated carbocycles. The van der Waals surface area contributed by atoms with Crippen molar-refractivity contribution >= 4 is 10.9 Å². The third kappa shape index (κ3) is 1.64. The zero-order chi connectivity index (χ0) is 14.2. The summed E-state index contributed by atoms with van der Waals surface area (Å²) in [4.78, 5) is 3.85. The van der Waals surface area contributed by atoms with Gasteiger partial charge in [0.25, 0.3) is 0 Å². The van der Waals surface area contributed by atoms with E-state index in [4.69, 9.17) is 0 Å². The highest BCUT2D eigenvalue weighted by molar-refractivity contribution is 5.85. The van der Waals surface area contributed by atoms with Gasteiger partial charge < -0.3 is 4.98 Å². The molecular weight excluding hydrogens is 254 g/mol. The molecule has 1 nitrogen and oxygen atoms in total. The third-order valence-electron chi connectivity index (χ3n) is 6.78. The van der Waals surface area contributed by atoms with E-state index in [0.29, 0.717) is 5.41 Å². The Labute approximate surface area is 127 Å². The fourth-order valence-corrected chi connectivity index (χ4v) is 6.39. The fraction of sp³-hybridized carbons (Fsp3) is 0.600. The van der Waals surface area contributed by atoms with E-state index in [2.05, 4.69) is 37.0 Å². The van der Waals surface area contributed by atoms with E-state index < -0.39 is 0 Å². The second kappa shape index (κ2) is 3.94. The van der Waals surface area contributed by atoms with Crippen molar-refractivity contribution in [2.45, 2.75) is 57.8 Å². The Balaban J connectivity index is 1.68. The number of rotatable bonds is 1. The van der Waals surface area contributed by atoms with Crippen molar-refractivity contribution in [1.82, 2.24) is 4.98 Å². The second-order valence-corrected chi connectivity index (χ2v) is 8.37. The number of aromatic amines is 1. The molecule has 0 amide bonds. The molecule has 1 aromatic heterocycles. The lowest BCUT2D eigenvalue weighted by molar-refractivity contribution is -0.00714. The molecule has 1 N–H and O–H groups in total. The largest absolute Gasteiger partial charge is 0.358 e. The fourth-order valence-electron chi connectivity index (χ4n) is 6.39. The minimum Gasteiger partial charge on any atom is -0.358 e. The molecule has 6 rings (SSSR count). The van der Waals surface area contributed by atoms with E-state index in [0.717, 1.165) is 17.8 Å². The molecule has 1 heteroatoms. The van der Waals surface area contributed by atoms with E-state index in [1.54, 1.807) is 5.69 Å². The summed E-state index contributed by atoms with van der Waals surface area (Å²) in [6, 6.07) is 6.88. The minimum absolute atomic E-state index is 0.492. The van der Waals surface area contributed by atoms with Crippen LogP contribution >= 0.6 is 0 Å². The molecule has 2 aromatic rings. The number of H-pyrrole nitrogens is 1. The maximum absolute atomic E-state index is 3.85. The second-order valence-electron chi connectivity index (χ2n) is 8.37. The molecule has 110 valence electrons. The average molecular weight is 279 g/mol. The smallest absolute Gasteiger partial charge is 0.0459 e. The van der Waals surface area contributed by atoms with Crippen molar-refractivity contribution in [2.75, 3.05) is 0 Å². The van der Waals surface area contributed by atoms with Gasteiger partial charge in [-0.25, -0.2) is 0 Å². The summed E-state index contributed by atoms with van der Waals surface area (Å²) in [6.07, 6.45) is 8.93. The molecule has 4 bridgehead atoms. The van der Waals surface area contributed by atoms with Crippen LogP contribution in [0.2, 0.25) is 0 Å². The van der Waals surface area contributed by atoms with E-state index in [9.17, 15) is 0 Å². The van der Waals surface area contributed by atoms with Crippen molar-refractivity contribution < 1.29 is 0 Å². The van der Waals surface area contributed by atoms with Crippen LogP contribution < -0.4 is 0 Å². The van der Waals surface area contributed by atoms with Crippen LogP contribution in [0.25, 0.3) is 10.9 Å². The summed E-state index contributed by atoms with van der Waals surface area (Å²) in [5, 5.41) is 1.46. The molecule has 1 aromatic carbocycles. The maximum atomic E-state index is 3.85. The Hall–Kier alpha value is -1.24. The summed E-state index contributed by atoms with van der Waals surface area (Å²) < 4.78 is 0. The zero-order valence-corrected chi connectivity index (χ0v) is 13.2. The third-order valence-corrected chi connectivity index (χ3v) is 6.78. The maximum Gasteiger partial charge on any atom is 0.0459 e. The number of aromatic nitrogens is 1. The first-order valence-electron chi connectivity index (χ1n) is 8.72. The number of hydrogen-bond acceptors (Lipinski definition) is 0. The minimum atomic E-state index is 0.492. The average Bonchev–Trinajstić information content (AvgIpc) is 2.75. The SMILES string of the molecule is Cc1ccc2[nH]c(C34CC5CC(CC(C5)C3)C4)c(C)c2c1. The van der Waals surface area contributed by atoms with Gasteiger partial charge in [0.1, 0.15) is 0 Å². The van der Waals surface area contributed by atoms with Crippen molar-refractivity contribution in [2.24, 2.45) is 17.8 Å². The van der Waals surface area contributed by atoms with Gasteiger partial charge in [0.05, 0.1) is 0 Å². The van der Waals surface area contributed by atoms with Crippen LogP contribution in [0.15, 0.2) is 18.2 Å². The van der Waals surface area contributed by atoms with Crippen LogP contribution in [-0.2, 0) is 5.41 Å². The molecule has 4 aliphatic rings. The number of fused-ring (bicyclic) bond motifs is 1. The molecule has 0 unspecified atom stereocenters. The summed E-state index contributed by atoms with van der Waals surface area (Å²) in [5.41, 5.74) is 6.36. The monoisotopic (exact) mass is 279 g/mol. The Kier molecular flexibility index (Phi) is 2.31. The summed E-state index contributed by atoms with van der Waals surface area (Å²) in [7, 11) is 0. The first kappa shape index (κ1) is 12.3. The van der Waals surface area contributed by atoms with Crippen molar-refractivity contribution in [3.8, 4) is 0 Å². The van der Waals surface area contributed by atoms with E-state index in [-0.39, 0.29) is 0 Å². The van der Waals surface area contributed by atoms with Gasteiger partial charge in [-0.15, -0.1) is 0 Å². The van der Waals surface area contributed by atoms with Crippen molar-refractivity contribution in [3.63, 3.8) is 0 Å². The van der Waals surface area contributed by atoms with Crippen LogP contribution in [0.1, 0.15) is 55.3 Å². The molecule has 4 fully saturated rings. The highest BCUT2D eigenvalue weighted by atomic mass is 14.8. The molecule has 0 aliphatic heterocycles. The number of hydrogen-bond donors (Lipinski definition) is 1. The predicted octanol–water partition coefficient (Wildman–Crippen LogP) is 5.25. The summed E-state index contributed by atoms with van der Waals surface area (Å²) in [6.45, 7) is 4.56. The lowest BCUT2D eigenvalue weighted by atomic mass is 9.48. The number of nitrogens with one attached hydrogen (secondary N) is 1. The van der Waals surface area contributed by atoms with Gasteiger partial charge >= 0.3 is 0 Å². The zero-order valence-electron chi connectivity index (χ0n) is 13.2. The molecule has 0 spiro atoms. The molecule has 0 saturated heterocycles. The van der Waals surface area contributed by atoms with Crippen LogP contribution in [0.4, 0.5) is 0 Å². The van der Waals surface area contributed by atoms with Crippen LogP contribution in [0.3, 0.4) is 0 Å². The highest BCUT2D eigenvalue weighted by Gasteiger charge is 2.52. The first-order chi connectivity index (χ1) is 10.1. The van der Waals surface area contributed by atoms with E-state index >= 15 is 0 Å². The van der Waals surface area contributed by atoms with Crippen LogP contribution in [-0.4, -0.2) is 4.98 Å². The molecule has 21 heavy (non-hydrogen) atoms. The van der Waals surface area contributed by atoms with Gasteiger partial charge in [0.2, 0.25) is 0 Å². The lowest BCUT2D eigenvalue weighted by Gasteiger charge is -2.56. The normalized spacial score (nSPS) is 37.5. The number of aryl methyl sites for hydroxylation is 2. The predicted molar refractivity (Wildman–Crippen MR) is 87.6 cm³/mol. The van der Waals surface area contributed by atoms with Gasteiger partial charge in [-0.05, 0) is 87.8 Å². The van der Waals surface area contributed by atoms with Gasteiger partial charge in [0, 0.05) is 22.0 Å². The first-order valence-corrected chi connectivity index (χ1v) is 8.72. The highest BCUT2D eigenvalue weighted by Crippen LogP contribution is 2.61. The summed E-state index contributed by atoms with van der Waals surface area (Å²) in [5.74, 6) is 3.05.